The molecular formula is C15H22N2O. The standard InChI is InChI=1S/C15H22N2O/c1-12-5-4-6-13(9-12)14(18)17-8-7-16-10-15(2,3)11-17/h4-6,9,16H,7-8,10-11H2,1-3H3. The number of nitrogens with one attached hydrogen (secondary N) is 1. The molecule has 0 saturated carbocycles. The van der Waals surface area contributed by atoms with Crippen LogP contribution in [0.1, 0.15) is 29.8 Å². The summed E-state index contributed by atoms with van der Waals surface area (Å²) in [6.07, 6.45) is 0. The summed E-state index contributed by atoms with van der Waals surface area (Å²) in [5.41, 5.74) is 2.07. The van der Waals surface area contributed by atoms with E-state index < -0.39 is 0 Å². The molecule has 1 aromatic rings. The van der Waals surface area contributed by atoms with Crippen LogP contribution in [0.5, 0.6) is 0 Å². The van der Waals surface area contributed by atoms with Crippen molar-refractivity contribution in [3.63, 3.8) is 0 Å². The van der Waals surface area contributed by atoms with Gasteiger partial charge in [-0.1, -0.05) is 31.5 Å². The third-order valence-corrected chi connectivity index (χ3v) is 3.33. The van der Waals surface area contributed by atoms with Gasteiger partial charge in [-0.15, -0.1) is 0 Å². The van der Waals surface area contributed by atoms with E-state index in [0.717, 1.165) is 37.3 Å². The van der Waals surface area contributed by atoms with Crippen LogP contribution >= 0.6 is 0 Å². The zero-order chi connectivity index (χ0) is 13.2. The Hall–Kier alpha value is -1.35. The van der Waals surface area contributed by atoms with Crippen molar-refractivity contribution in [1.82, 2.24) is 10.2 Å². The van der Waals surface area contributed by atoms with Crippen LogP contribution in [-0.4, -0.2) is 37.0 Å². The Balaban J connectivity index is 2.17. The highest BCUT2D eigenvalue weighted by atomic mass is 16.2. The fraction of sp³-hybridized carbons (Fsp3) is 0.533. The van der Waals surface area contributed by atoms with Crippen LogP contribution in [0.2, 0.25) is 0 Å². The topological polar surface area (TPSA) is 32.3 Å². The predicted molar refractivity (Wildman–Crippen MR) is 73.7 cm³/mol. The van der Waals surface area contributed by atoms with Crippen LogP contribution in [0.4, 0.5) is 0 Å². The molecule has 1 saturated heterocycles. The highest BCUT2D eigenvalue weighted by Gasteiger charge is 2.27. The third-order valence-electron chi connectivity index (χ3n) is 3.33. The number of carbonyl (C=O) groups is 1. The van der Waals surface area contributed by atoms with Crippen molar-refractivity contribution in [1.29, 1.82) is 0 Å². The minimum Gasteiger partial charge on any atom is -0.337 e. The summed E-state index contributed by atoms with van der Waals surface area (Å²) in [6.45, 7) is 9.85. The lowest BCUT2D eigenvalue weighted by molar-refractivity contribution is 0.0716. The summed E-state index contributed by atoms with van der Waals surface area (Å²) >= 11 is 0. The molecule has 1 heterocycles. The van der Waals surface area contributed by atoms with Gasteiger partial charge in [-0.3, -0.25) is 4.79 Å². The van der Waals surface area contributed by atoms with Gasteiger partial charge < -0.3 is 10.2 Å². The second-order valence-electron chi connectivity index (χ2n) is 5.94. The Morgan fingerprint density at radius 3 is 2.89 bits per heavy atom. The van der Waals surface area contributed by atoms with E-state index in [-0.39, 0.29) is 11.3 Å². The number of nitrogens with zero attached hydrogens (tertiary/aromatic N) is 1. The van der Waals surface area contributed by atoms with Crippen molar-refractivity contribution < 1.29 is 4.79 Å². The van der Waals surface area contributed by atoms with E-state index in [1.807, 2.05) is 36.1 Å². The quantitative estimate of drug-likeness (QED) is 0.822. The van der Waals surface area contributed by atoms with Crippen molar-refractivity contribution in [3.05, 3.63) is 35.4 Å². The van der Waals surface area contributed by atoms with Crippen molar-refractivity contribution in [2.24, 2.45) is 5.41 Å². The fourth-order valence-corrected chi connectivity index (χ4v) is 2.43. The second kappa shape index (κ2) is 5.11. The molecule has 18 heavy (non-hydrogen) atoms. The molecule has 3 heteroatoms. The minimum absolute atomic E-state index is 0.135. The molecule has 1 aliphatic rings. The maximum Gasteiger partial charge on any atom is 0.253 e. The molecule has 0 spiro atoms. The Labute approximate surface area is 109 Å². The highest BCUT2D eigenvalue weighted by Crippen LogP contribution is 2.19. The maximum absolute atomic E-state index is 12.5. The highest BCUT2D eigenvalue weighted by molar-refractivity contribution is 5.94. The lowest BCUT2D eigenvalue weighted by Crippen LogP contribution is -2.39. The van der Waals surface area contributed by atoms with Gasteiger partial charge in [0.05, 0.1) is 0 Å². The number of hydrogen-bond acceptors (Lipinski definition) is 2. The Morgan fingerprint density at radius 1 is 1.39 bits per heavy atom. The number of aryl methyl sites for hydroxylation is 1. The Morgan fingerprint density at radius 2 is 2.17 bits per heavy atom. The number of amides is 1. The van der Waals surface area contributed by atoms with E-state index in [1.54, 1.807) is 0 Å². The maximum atomic E-state index is 12.5. The van der Waals surface area contributed by atoms with Gasteiger partial charge in [-0.05, 0) is 24.5 Å². The first kappa shape index (κ1) is 13.1. The lowest BCUT2D eigenvalue weighted by Gasteiger charge is -2.29. The third kappa shape index (κ3) is 3.10. The average Bonchev–Trinajstić information content (AvgIpc) is 2.49. The van der Waals surface area contributed by atoms with Gasteiger partial charge in [0.25, 0.3) is 5.91 Å². The SMILES string of the molecule is Cc1cccc(C(=O)N2CCNCC(C)(C)C2)c1. The molecule has 1 amide bonds. The molecule has 1 fully saturated rings. The first-order valence-corrected chi connectivity index (χ1v) is 6.55. The van der Waals surface area contributed by atoms with Crippen molar-refractivity contribution >= 4 is 5.91 Å². The molecule has 1 N–H and O–H groups in total. The molecule has 1 aliphatic heterocycles. The lowest BCUT2D eigenvalue weighted by atomic mass is 9.93. The number of benzene rings is 1. The van der Waals surface area contributed by atoms with Crippen LogP contribution in [0.3, 0.4) is 0 Å². The summed E-state index contributed by atoms with van der Waals surface area (Å²) in [4.78, 5) is 14.5. The van der Waals surface area contributed by atoms with Gasteiger partial charge in [0.1, 0.15) is 0 Å². The molecule has 1 aromatic carbocycles. The molecule has 3 nitrogen and oxygen atoms in total. The van der Waals surface area contributed by atoms with Gasteiger partial charge in [0, 0.05) is 31.7 Å². The normalized spacial score (nSPS) is 19.4. The second-order valence-corrected chi connectivity index (χ2v) is 5.94. The molecule has 0 atom stereocenters. The molecule has 0 unspecified atom stereocenters. The molecule has 0 aliphatic carbocycles. The van der Waals surface area contributed by atoms with Gasteiger partial charge in [0.2, 0.25) is 0 Å². The van der Waals surface area contributed by atoms with E-state index in [1.165, 1.54) is 0 Å². The largest absolute Gasteiger partial charge is 0.337 e. The Bertz CT molecular complexity index is 440. The van der Waals surface area contributed by atoms with Gasteiger partial charge in [-0.25, -0.2) is 0 Å². The van der Waals surface area contributed by atoms with Crippen LogP contribution in [0, 0.1) is 12.3 Å². The van der Waals surface area contributed by atoms with E-state index in [2.05, 4.69) is 19.2 Å². The number of carbonyl (C=O) groups excluding carboxylic acids is 1. The molecule has 98 valence electrons. The van der Waals surface area contributed by atoms with Crippen LogP contribution < -0.4 is 5.32 Å². The molecule has 2 rings (SSSR count). The van der Waals surface area contributed by atoms with Crippen LogP contribution in [-0.2, 0) is 0 Å². The van der Waals surface area contributed by atoms with E-state index in [0.29, 0.717) is 0 Å². The molecule has 0 radical (unpaired) electrons. The van der Waals surface area contributed by atoms with E-state index in [4.69, 9.17) is 0 Å². The summed E-state index contributed by atoms with van der Waals surface area (Å²) in [7, 11) is 0. The van der Waals surface area contributed by atoms with E-state index in [9.17, 15) is 4.79 Å². The van der Waals surface area contributed by atoms with Gasteiger partial charge in [0.15, 0.2) is 0 Å². The first-order valence-electron chi connectivity index (χ1n) is 6.55. The summed E-state index contributed by atoms with van der Waals surface area (Å²) < 4.78 is 0. The van der Waals surface area contributed by atoms with Crippen molar-refractivity contribution in [3.8, 4) is 0 Å². The van der Waals surface area contributed by atoms with Crippen LogP contribution in [0.15, 0.2) is 24.3 Å². The minimum atomic E-state index is 0.135. The molecule has 0 aromatic heterocycles. The number of hydrogen-bond donors (Lipinski definition) is 1. The van der Waals surface area contributed by atoms with E-state index >= 15 is 0 Å². The number of rotatable bonds is 1. The monoisotopic (exact) mass is 246 g/mol. The smallest absolute Gasteiger partial charge is 0.253 e. The molecular weight excluding hydrogens is 224 g/mol. The summed E-state index contributed by atoms with van der Waals surface area (Å²) in [5.74, 6) is 0.149. The van der Waals surface area contributed by atoms with Gasteiger partial charge in [-0.2, -0.15) is 0 Å². The average molecular weight is 246 g/mol. The first-order chi connectivity index (χ1) is 8.48. The Kier molecular flexibility index (Phi) is 3.71. The zero-order valence-corrected chi connectivity index (χ0v) is 11.5. The summed E-state index contributed by atoms with van der Waals surface area (Å²) in [6, 6.07) is 7.84. The summed E-state index contributed by atoms with van der Waals surface area (Å²) in [5, 5.41) is 3.39. The molecule has 0 bridgehead atoms. The van der Waals surface area contributed by atoms with Crippen LogP contribution in [0.25, 0.3) is 0 Å². The van der Waals surface area contributed by atoms with Gasteiger partial charge >= 0.3 is 0 Å². The van der Waals surface area contributed by atoms with Crippen molar-refractivity contribution in [2.45, 2.75) is 20.8 Å². The predicted octanol–water partition coefficient (Wildman–Crippen LogP) is 2.07. The fourth-order valence-electron chi connectivity index (χ4n) is 2.43. The van der Waals surface area contributed by atoms with Crippen molar-refractivity contribution in [2.75, 3.05) is 26.2 Å². The zero-order valence-electron chi connectivity index (χ0n) is 11.5.